The van der Waals surface area contributed by atoms with Gasteiger partial charge in [-0.25, -0.2) is 0 Å². The quantitative estimate of drug-likeness (QED) is 0.142. The van der Waals surface area contributed by atoms with Crippen molar-refractivity contribution >= 4 is 77.2 Å². The van der Waals surface area contributed by atoms with E-state index in [9.17, 15) is 0 Å². The molecule has 462 valence electrons. The minimum Gasteiger partial charge on any atom is -0.310 e. The molecule has 2 nitrogen and oxygen atoms in total. The molecule has 4 fully saturated rings. The van der Waals surface area contributed by atoms with Crippen molar-refractivity contribution in [2.45, 2.75) is 87.9 Å². The van der Waals surface area contributed by atoms with Gasteiger partial charge in [-0.05, 0) is 317 Å². The smallest absolute Gasteiger partial charge is 0.0468 e. The summed E-state index contributed by atoms with van der Waals surface area (Å²) in [6.45, 7) is 0. The molecular formula is C94H76N2. The van der Waals surface area contributed by atoms with Gasteiger partial charge >= 0.3 is 0 Å². The van der Waals surface area contributed by atoms with E-state index in [1.54, 1.807) is 11.1 Å². The Kier molecular flexibility index (Phi) is 13.3. The first-order valence-electron chi connectivity index (χ1n) is 35.8. The lowest BCUT2D eigenvalue weighted by Crippen LogP contribution is -2.29. The average molecular weight is 1230 g/mol. The van der Waals surface area contributed by atoms with Crippen LogP contribution in [-0.4, -0.2) is 0 Å². The zero-order valence-corrected chi connectivity index (χ0v) is 54.3. The van der Waals surface area contributed by atoms with Gasteiger partial charge in [0, 0.05) is 34.1 Å². The molecule has 0 aromatic heterocycles. The lowest BCUT2D eigenvalue weighted by Gasteiger charge is -2.42. The molecule has 14 aromatic rings. The SMILES string of the molecule is c1ccc2c(c1)-c1ccc(N(c3ccc(-c4ccc5c(-c6ccc7cc(N(c8ccc(-c9cccc%10ccccc9%10)cc8)c8ccc9c(c8)C8CC%10CC(CC(C%10)c%10ccccc%10-9)C8)ccc7c6)cccc5c4)cc3)c3ccc4ccccc4c3)cc1C1CC3CC(CC2C3)C1. The molecule has 8 bridgehead atoms. The third-order valence-electron chi connectivity index (χ3n) is 24.1. The minimum atomic E-state index is 0.558. The van der Waals surface area contributed by atoms with E-state index in [1.165, 1.54) is 191 Å². The van der Waals surface area contributed by atoms with Gasteiger partial charge in [-0.1, -0.05) is 206 Å². The van der Waals surface area contributed by atoms with Crippen LogP contribution in [0.4, 0.5) is 34.1 Å². The summed E-state index contributed by atoms with van der Waals surface area (Å²) in [4.78, 5) is 5.04. The number of rotatable bonds is 9. The van der Waals surface area contributed by atoms with Gasteiger partial charge in [0.2, 0.25) is 0 Å². The summed E-state index contributed by atoms with van der Waals surface area (Å²) >= 11 is 0. The van der Waals surface area contributed by atoms with Crippen molar-refractivity contribution in [3.05, 3.63) is 313 Å². The van der Waals surface area contributed by atoms with Crippen LogP contribution in [0.1, 0.15) is 110 Å². The second-order valence-corrected chi connectivity index (χ2v) is 29.6. The molecule has 8 aliphatic carbocycles. The van der Waals surface area contributed by atoms with Gasteiger partial charge in [0.05, 0.1) is 0 Å². The van der Waals surface area contributed by atoms with Gasteiger partial charge in [0.25, 0.3) is 0 Å². The van der Waals surface area contributed by atoms with Gasteiger partial charge in [-0.2, -0.15) is 0 Å². The van der Waals surface area contributed by atoms with Gasteiger partial charge < -0.3 is 9.80 Å². The van der Waals surface area contributed by atoms with E-state index in [0.717, 1.165) is 40.7 Å². The van der Waals surface area contributed by atoms with Gasteiger partial charge in [-0.3, -0.25) is 0 Å². The van der Waals surface area contributed by atoms with Crippen molar-refractivity contribution in [2.75, 3.05) is 9.80 Å². The van der Waals surface area contributed by atoms with Crippen molar-refractivity contribution in [1.82, 2.24) is 0 Å². The number of hydrogen-bond donors (Lipinski definition) is 0. The molecule has 8 aliphatic rings. The van der Waals surface area contributed by atoms with Crippen LogP contribution in [-0.2, 0) is 0 Å². The van der Waals surface area contributed by atoms with Gasteiger partial charge in [0.1, 0.15) is 0 Å². The van der Waals surface area contributed by atoms with E-state index < -0.39 is 0 Å². The monoisotopic (exact) mass is 1230 g/mol. The van der Waals surface area contributed by atoms with Crippen LogP contribution in [0.5, 0.6) is 0 Å². The summed E-state index contributed by atoms with van der Waals surface area (Å²) in [5.74, 6) is 5.66. The zero-order valence-electron chi connectivity index (χ0n) is 54.3. The Morgan fingerprint density at radius 3 is 1.14 bits per heavy atom. The Hall–Kier alpha value is -10.3. The van der Waals surface area contributed by atoms with E-state index in [1.807, 2.05) is 0 Å². The van der Waals surface area contributed by atoms with Crippen LogP contribution in [0, 0.1) is 23.7 Å². The zero-order chi connectivity index (χ0) is 63.0. The Labute approximate surface area is 564 Å². The maximum atomic E-state index is 2.60. The second kappa shape index (κ2) is 22.7. The van der Waals surface area contributed by atoms with E-state index in [0.29, 0.717) is 23.7 Å². The third kappa shape index (κ3) is 9.64. The van der Waals surface area contributed by atoms with E-state index in [4.69, 9.17) is 0 Å². The minimum absolute atomic E-state index is 0.558. The standard InChI is InChI=1S/C94H76N2/c1-2-13-67-55-79(36-27-63(67)11-1)95(81-38-41-91-89-19-7-5-17-86(89)73-45-59-43-60(46-73)50-75(49-59)93(91)57-81)77-32-25-64(26-33-77)68-31-40-88-71(53-68)15-10-22-85(88)72-24-23-70-56-80(37-30-69(70)54-72)96(78-34-28-66(29-35-78)84-21-9-14-65-12-3-4-16-83(65)84)82-39-42-92-90-20-8-6-18-87(90)74-47-61-44-62(48-74)52-76(51-61)94(92)58-82/h1-42,53-62,73-76H,43-52H2. The molecule has 22 rings (SSSR count). The Morgan fingerprint density at radius 2 is 0.542 bits per heavy atom. The fourth-order valence-corrected chi connectivity index (χ4v) is 20.0. The molecule has 14 aromatic carbocycles. The van der Waals surface area contributed by atoms with Crippen molar-refractivity contribution in [3.63, 3.8) is 0 Å². The normalized spacial score (nSPS) is 21.1. The molecule has 2 heteroatoms. The first kappa shape index (κ1) is 56.1. The van der Waals surface area contributed by atoms with Crippen molar-refractivity contribution in [1.29, 1.82) is 0 Å². The molecule has 4 unspecified atom stereocenters. The predicted octanol–water partition coefficient (Wildman–Crippen LogP) is 26.4. The van der Waals surface area contributed by atoms with Crippen LogP contribution in [0.25, 0.3) is 98.7 Å². The second-order valence-electron chi connectivity index (χ2n) is 29.6. The first-order valence-corrected chi connectivity index (χ1v) is 35.8. The fraction of sp³-hybridized carbons (Fsp3) is 0.191. The lowest BCUT2D eigenvalue weighted by atomic mass is 9.63. The summed E-state index contributed by atoms with van der Waals surface area (Å²) in [5.41, 5.74) is 26.5. The third-order valence-corrected chi connectivity index (χ3v) is 24.1. The first-order chi connectivity index (χ1) is 47.5. The molecule has 0 spiro atoms. The van der Waals surface area contributed by atoms with Crippen molar-refractivity contribution in [2.24, 2.45) is 23.7 Å². The largest absolute Gasteiger partial charge is 0.310 e. The Bertz CT molecular complexity index is 5370. The molecule has 0 amide bonds. The van der Waals surface area contributed by atoms with E-state index >= 15 is 0 Å². The molecule has 4 saturated carbocycles. The highest BCUT2D eigenvalue weighted by Gasteiger charge is 2.42. The average Bonchev–Trinajstić information content (AvgIpc) is 1.69. The topological polar surface area (TPSA) is 6.48 Å². The summed E-state index contributed by atoms with van der Waals surface area (Å²) in [6, 6.07) is 112. The van der Waals surface area contributed by atoms with E-state index in [2.05, 4.69) is 301 Å². The Morgan fingerprint density at radius 1 is 0.188 bits per heavy atom. The van der Waals surface area contributed by atoms with Gasteiger partial charge in [-0.15, -0.1) is 0 Å². The molecule has 0 heterocycles. The van der Waals surface area contributed by atoms with Crippen LogP contribution < -0.4 is 9.80 Å². The molecule has 96 heavy (non-hydrogen) atoms. The predicted molar refractivity (Wildman–Crippen MR) is 404 cm³/mol. The van der Waals surface area contributed by atoms with Crippen molar-refractivity contribution < 1.29 is 0 Å². The highest BCUT2D eigenvalue weighted by Crippen LogP contribution is 2.58. The summed E-state index contributed by atoms with van der Waals surface area (Å²) < 4.78 is 0. The fourth-order valence-electron chi connectivity index (χ4n) is 20.0. The van der Waals surface area contributed by atoms with Crippen LogP contribution in [0.2, 0.25) is 0 Å². The maximum Gasteiger partial charge on any atom is 0.0468 e. The number of anilines is 6. The number of fused-ring (bicyclic) bond motifs is 4. The summed E-state index contributed by atoms with van der Waals surface area (Å²) in [5, 5.41) is 10.00. The number of benzene rings is 14. The van der Waals surface area contributed by atoms with Crippen molar-refractivity contribution in [3.8, 4) is 55.6 Å². The Balaban J connectivity index is 0.636. The van der Waals surface area contributed by atoms with Crippen LogP contribution in [0.3, 0.4) is 0 Å². The maximum absolute atomic E-state index is 2.60. The van der Waals surface area contributed by atoms with Crippen LogP contribution >= 0.6 is 0 Å². The molecular weight excluding hydrogens is 1160 g/mol. The molecule has 0 N–H and O–H groups in total. The lowest BCUT2D eigenvalue weighted by molar-refractivity contribution is 0.153. The van der Waals surface area contributed by atoms with Crippen LogP contribution in [0.15, 0.2) is 291 Å². The van der Waals surface area contributed by atoms with Gasteiger partial charge in [0.15, 0.2) is 0 Å². The number of nitrogens with zero attached hydrogens (tertiary/aromatic N) is 2. The highest BCUT2D eigenvalue weighted by molar-refractivity contribution is 6.02. The highest BCUT2D eigenvalue weighted by atomic mass is 15.1. The summed E-state index contributed by atoms with van der Waals surface area (Å²) in [6.07, 6.45) is 13.3. The molecule has 0 radical (unpaired) electrons. The molecule has 4 atom stereocenters. The van der Waals surface area contributed by atoms with E-state index in [-0.39, 0.29) is 0 Å². The molecule has 0 aliphatic heterocycles. The summed E-state index contributed by atoms with van der Waals surface area (Å²) in [7, 11) is 0. The number of hydrogen-bond acceptors (Lipinski definition) is 2. The molecule has 0 saturated heterocycles.